The standard InChI is InChI=1S/C18H22N6O3/c1-26-9-10(19)7-21-15-8-22-17(18(20)25)16(24-15)13-6-11-12(23-13)4-3-5-14(11)27-2/h3-6,8,10,23H,7,9,19H2,1-2H3,(H2,20,25)(H,21,24)/t10-/m1/s1. The first kappa shape index (κ1) is 18.6. The van der Waals surface area contributed by atoms with Crippen LogP contribution in [0.25, 0.3) is 22.3 Å². The summed E-state index contributed by atoms with van der Waals surface area (Å²) < 4.78 is 10.4. The number of carbonyl (C=O) groups is 1. The average molecular weight is 370 g/mol. The number of nitrogens with zero attached hydrogens (tertiary/aromatic N) is 2. The van der Waals surface area contributed by atoms with Crippen molar-refractivity contribution in [3.05, 3.63) is 36.2 Å². The van der Waals surface area contributed by atoms with Gasteiger partial charge in [0.2, 0.25) is 0 Å². The molecule has 2 aromatic heterocycles. The van der Waals surface area contributed by atoms with Gasteiger partial charge in [0, 0.05) is 30.6 Å². The van der Waals surface area contributed by atoms with Gasteiger partial charge >= 0.3 is 0 Å². The molecule has 0 aliphatic heterocycles. The number of fused-ring (bicyclic) bond motifs is 1. The third kappa shape index (κ3) is 3.99. The van der Waals surface area contributed by atoms with Gasteiger partial charge in [-0.15, -0.1) is 0 Å². The average Bonchev–Trinajstić information content (AvgIpc) is 3.10. The molecule has 142 valence electrons. The molecule has 0 aliphatic rings. The van der Waals surface area contributed by atoms with E-state index >= 15 is 0 Å². The molecule has 0 fully saturated rings. The molecular formula is C18H22N6O3. The first-order chi connectivity index (χ1) is 13.0. The summed E-state index contributed by atoms with van der Waals surface area (Å²) in [7, 11) is 3.19. The molecule has 1 atom stereocenters. The van der Waals surface area contributed by atoms with Crippen LogP contribution < -0.4 is 21.5 Å². The molecule has 6 N–H and O–H groups in total. The lowest BCUT2D eigenvalue weighted by molar-refractivity contribution is 0.0996. The number of carbonyl (C=O) groups excluding carboxylic acids is 1. The van der Waals surface area contributed by atoms with Crippen LogP contribution in [0.4, 0.5) is 5.82 Å². The minimum atomic E-state index is -0.661. The molecule has 0 spiro atoms. The van der Waals surface area contributed by atoms with Gasteiger partial charge in [0.1, 0.15) is 17.3 Å². The molecule has 3 rings (SSSR count). The van der Waals surface area contributed by atoms with Crippen molar-refractivity contribution < 1.29 is 14.3 Å². The zero-order valence-electron chi connectivity index (χ0n) is 15.2. The second-order valence-corrected chi connectivity index (χ2v) is 6.02. The highest BCUT2D eigenvalue weighted by molar-refractivity contribution is 5.99. The number of nitrogens with one attached hydrogen (secondary N) is 2. The van der Waals surface area contributed by atoms with Gasteiger partial charge in [0.15, 0.2) is 5.69 Å². The molecule has 3 aromatic rings. The van der Waals surface area contributed by atoms with Gasteiger partial charge < -0.3 is 31.2 Å². The Morgan fingerprint density at radius 1 is 1.37 bits per heavy atom. The number of nitrogens with two attached hydrogens (primary N) is 2. The molecule has 0 aliphatic carbocycles. The molecule has 0 bridgehead atoms. The predicted octanol–water partition coefficient (Wildman–Crippen LogP) is 1.12. The third-order valence-electron chi connectivity index (χ3n) is 4.03. The molecule has 9 nitrogen and oxygen atoms in total. The highest BCUT2D eigenvalue weighted by Crippen LogP contribution is 2.31. The summed E-state index contributed by atoms with van der Waals surface area (Å²) >= 11 is 0. The smallest absolute Gasteiger partial charge is 0.269 e. The molecular weight excluding hydrogens is 348 g/mol. The monoisotopic (exact) mass is 370 g/mol. The van der Waals surface area contributed by atoms with Crippen molar-refractivity contribution in [2.24, 2.45) is 11.5 Å². The van der Waals surface area contributed by atoms with Crippen molar-refractivity contribution in [1.29, 1.82) is 0 Å². The molecule has 1 aromatic carbocycles. The highest BCUT2D eigenvalue weighted by atomic mass is 16.5. The van der Waals surface area contributed by atoms with Gasteiger partial charge in [-0.3, -0.25) is 4.79 Å². The van der Waals surface area contributed by atoms with Crippen molar-refractivity contribution in [3.63, 3.8) is 0 Å². The number of ether oxygens (including phenoxy) is 2. The van der Waals surface area contributed by atoms with Crippen molar-refractivity contribution in [2.45, 2.75) is 6.04 Å². The number of methoxy groups -OCH3 is 2. The third-order valence-corrected chi connectivity index (χ3v) is 4.03. The van der Waals surface area contributed by atoms with Crippen LogP contribution in [0, 0.1) is 0 Å². The maximum atomic E-state index is 11.8. The van der Waals surface area contributed by atoms with Crippen LogP contribution in [0.3, 0.4) is 0 Å². The molecule has 0 unspecified atom stereocenters. The van der Waals surface area contributed by atoms with Gasteiger partial charge in [0.25, 0.3) is 5.91 Å². The van der Waals surface area contributed by atoms with Crippen molar-refractivity contribution in [2.75, 3.05) is 32.7 Å². The van der Waals surface area contributed by atoms with E-state index in [4.69, 9.17) is 20.9 Å². The Morgan fingerprint density at radius 3 is 2.89 bits per heavy atom. The fourth-order valence-electron chi connectivity index (χ4n) is 2.78. The minimum Gasteiger partial charge on any atom is -0.496 e. The first-order valence-corrected chi connectivity index (χ1v) is 8.34. The van der Waals surface area contributed by atoms with Gasteiger partial charge in [-0.25, -0.2) is 9.97 Å². The fourth-order valence-corrected chi connectivity index (χ4v) is 2.78. The Balaban J connectivity index is 1.99. The van der Waals surface area contributed by atoms with Crippen LogP contribution in [0.15, 0.2) is 30.5 Å². The van der Waals surface area contributed by atoms with Crippen LogP contribution >= 0.6 is 0 Å². The van der Waals surface area contributed by atoms with E-state index in [-0.39, 0.29) is 11.7 Å². The number of hydrogen-bond donors (Lipinski definition) is 4. The molecule has 1 amide bonds. The van der Waals surface area contributed by atoms with E-state index in [1.807, 2.05) is 24.3 Å². The molecule has 0 saturated carbocycles. The number of H-pyrrole nitrogens is 1. The summed E-state index contributed by atoms with van der Waals surface area (Å²) in [6, 6.07) is 7.29. The minimum absolute atomic E-state index is 0.0762. The Morgan fingerprint density at radius 2 is 2.19 bits per heavy atom. The van der Waals surface area contributed by atoms with E-state index in [0.29, 0.717) is 36.1 Å². The first-order valence-electron chi connectivity index (χ1n) is 8.34. The maximum absolute atomic E-state index is 11.8. The fraction of sp³-hybridized carbons (Fsp3) is 0.278. The van der Waals surface area contributed by atoms with Crippen LogP contribution in [0.2, 0.25) is 0 Å². The number of primary amides is 1. The summed E-state index contributed by atoms with van der Waals surface area (Å²) in [5.41, 5.74) is 13.3. The van der Waals surface area contributed by atoms with Gasteiger partial charge in [-0.2, -0.15) is 0 Å². The SMILES string of the molecule is COC[C@H](N)CNc1cnc(C(N)=O)c(-c2cc3c(OC)cccc3[nH]2)n1. The summed E-state index contributed by atoms with van der Waals surface area (Å²) in [6.07, 6.45) is 1.45. The summed E-state index contributed by atoms with van der Waals surface area (Å²) in [5.74, 6) is 0.529. The van der Waals surface area contributed by atoms with Gasteiger partial charge in [0.05, 0.1) is 25.6 Å². The van der Waals surface area contributed by atoms with E-state index in [2.05, 4.69) is 20.3 Å². The number of hydrogen-bond acceptors (Lipinski definition) is 7. The number of aromatic amines is 1. The molecule has 0 radical (unpaired) electrons. The molecule has 9 heteroatoms. The molecule has 2 heterocycles. The van der Waals surface area contributed by atoms with Crippen molar-refractivity contribution in [1.82, 2.24) is 15.0 Å². The molecule has 0 saturated heterocycles. The zero-order chi connectivity index (χ0) is 19.4. The lowest BCUT2D eigenvalue weighted by Gasteiger charge is -2.13. The maximum Gasteiger partial charge on any atom is 0.269 e. The van der Waals surface area contributed by atoms with Crippen LogP contribution in [0.5, 0.6) is 5.75 Å². The Labute approximate surface area is 156 Å². The zero-order valence-corrected chi connectivity index (χ0v) is 15.2. The predicted molar refractivity (Wildman–Crippen MR) is 103 cm³/mol. The lowest BCUT2D eigenvalue weighted by Crippen LogP contribution is -2.33. The Bertz CT molecular complexity index is 955. The topological polar surface area (TPSA) is 141 Å². The number of anilines is 1. The summed E-state index contributed by atoms with van der Waals surface area (Å²) in [4.78, 5) is 23.7. The van der Waals surface area contributed by atoms with Crippen molar-refractivity contribution >= 4 is 22.6 Å². The van der Waals surface area contributed by atoms with Gasteiger partial charge in [-0.1, -0.05) is 6.07 Å². The second kappa shape index (κ2) is 8.02. The van der Waals surface area contributed by atoms with Gasteiger partial charge in [-0.05, 0) is 18.2 Å². The quantitative estimate of drug-likeness (QED) is 0.465. The van der Waals surface area contributed by atoms with Crippen LogP contribution in [-0.2, 0) is 4.74 Å². The van der Waals surface area contributed by atoms with E-state index in [9.17, 15) is 4.79 Å². The number of aromatic nitrogens is 3. The normalized spacial score (nSPS) is 12.1. The van der Waals surface area contributed by atoms with Crippen molar-refractivity contribution in [3.8, 4) is 17.1 Å². The van der Waals surface area contributed by atoms with E-state index in [1.165, 1.54) is 6.20 Å². The highest BCUT2D eigenvalue weighted by Gasteiger charge is 2.18. The molecule has 27 heavy (non-hydrogen) atoms. The largest absolute Gasteiger partial charge is 0.496 e. The second-order valence-electron chi connectivity index (χ2n) is 6.02. The number of benzene rings is 1. The van der Waals surface area contributed by atoms with E-state index < -0.39 is 5.91 Å². The Hall–Kier alpha value is -3.17. The summed E-state index contributed by atoms with van der Waals surface area (Å²) in [6.45, 7) is 0.854. The van der Waals surface area contributed by atoms with E-state index in [1.54, 1.807) is 14.2 Å². The number of rotatable bonds is 8. The van der Waals surface area contributed by atoms with Crippen LogP contribution in [0.1, 0.15) is 10.5 Å². The van der Waals surface area contributed by atoms with E-state index in [0.717, 1.165) is 10.9 Å². The lowest BCUT2D eigenvalue weighted by atomic mass is 10.2. The van der Waals surface area contributed by atoms with Crippen LogP contribution in [-0.4, -0.2) is 54.3 Å². The Kier molecular flexibility index (Phi) is 5.53. The number of amides is 1. The summed E-state index contributed by atoms with van der Waals surface area (Å²) in [5, 5.41) is 3.96.